The largest absolute Gasteiger partial charge is 0.310 e. The Labute approximate surface area is 389 Å². The third kappa shape index (κ3) is 6.30. The minimum atomic E-state index is -0.325. The highest BCUT2D eigenvalue weighted by Gasteiger charge is 2.41. The number of nitrogens with zero attached hydrogens (tertiary/aromatic N) is 1. The van der Waals surface area contributed by atoms with Crippen molar-refractivity contribution in [3.8, 4) is 66.8 Å². The molecule has 314 valence electrons. The molecule has 10 aromatic carbocycles. The first-order chi connectivity index (χ1) is 32.4. The summed E-state index contributed by atoms with van der Waals surface area (Å²) in [7, 11) is 0. The van der Waals surface area contributed by atoms with Crippen molar-refractivity contribution in [2.45, 2.75) is 31.6 Å². The minimum absolute atomic E-state index is 0.134. The Morgan fingerprint density at radius 3 is 1.42 bits per heavy atom. The Bertz CT molecular complexity index is 3430. The van der Waals surface area contributed by atoms with Gasteiger partial charge in [0.1, 0.15) is 0 Å². The molecule has 0 aromatic heterocycles. The Hall–Kier alpha value is -8.00. The molecular formula is C65H49N. The molecule has 0 saturated carbocycles. The molecule has 12 rings (SSSR count). The zero-order valence-corrected chi connectivity index (χ0v) is 37.5. The van der Waals surface area contributed by atoms with E-state index in [-0.39, 0.29) is 10.8 Å². The van der Waals surface area contributed by atoms with Crippen molar-refractivity contribution in [3.05, 3.63) is 270 Å². The van der Waals surface area contributed by atoms with Gasteiger partial charge in [-0.2, -0.15) is 0 Å². The van der Waals surface area contributed by atoms with Gasteiger partial charge in [-0.25, -0.2) is 0 Å². The Balaban J connectivity index is 0.994. The summed E-state index contributed by atoms with van der Waals surface area (Å²) in [5.41, 5.74) is 24.6. The van der Waals surface area contributed by atoms with Crippen LogP contribution in [0.25, 0.3) is 66.8 Å². The topological polar surface area (TPSA) is 3.24 Å². The molecule has 1 atom stereocenters. The van der Waals surface area contributed by atoms with Gasteiger partial charge in [-0.05, 0) is 138 Å². The minimum Gasteiger partial charge on any atom is -0.310 e. The maximum absolute atomic E-state index is 2.46. The number of anilines is 3. The zero-order chi connectivity index (χ0) is 44.4. The maximum atomic E-state index is 2.46. The molecule has 0 heterocycles. The summed E-state index contributed by atoms with van der Waals surface area (Å²) in [6.07, 6.45) is 0. The van der Waals surface area contributed by atoms with E-state index in [2.05, 4.69) is 268 Å². The number of fused-ring (bicyclic) bond motifs is 6. The molecule has 0 aliphatic heterocycles. The molecule has 0 fully saturated rings. The molecule has 66 heavy (non-hydrogen) atoms. The van der Waals surface area contributed by atoms with E-state index in [1.165, 1.54) is 94.6 Å². The summed E-state index contributed by atoms with van der Waals surface area (Å²) in [6, 6.07) is 89.6. The smallest absolute Gasteiger partial charge is 0.0467 e. The molecular weight excluding hydrogens is 795 g/mol. The lowest BCUT2D eigenvalue weighted by atomic mass is 9.74. The highest BCUT2D eigenvalue weighted by molar-refractivity contribution is 5.92. The fraction of sp³-hybridized carbons (Fsp3) is 0.0769. The highest BCUT2D eigenvalue weighted by atomic mass is 15.1. The average molecular weight is 844 g/mol. The van der Waals surface area contributed by atoms with Crippen LogP contribution in [0, 0.1) is 0 Å². The van der Waals surface area contributed by atoms with E-state index < -0.39 is 0 Å². The second-order valence-electron chi connectivity index (χ2n) is 18.6. The summed E-state index contributed by atoms with van der Waals surface area (Å²) in [4.78, 5) is 2.46. The van der Waals surface area contributed by atoms with Crippen LogP contribution in [0.5, 0.6) is 0 Å². The summed E-state index contributed by atoms with van der Waals surface area (Å²) in [5, 5.41) is 0. The summed E-state index contributed by atoms with van der Waals surface area (Å²) in [6.45, 7) is 7.16. The maximum Gasteiger partial charge on any atom is 0.0467 e. The molecule has 0 spiro atoms. The molecule has 0 radical (unpaired) electrons. The van der Waals surface area contributed by atoms with Gasteiger partial charge in [-0.3, -0.25) is 0 Å². The lowest BCUT2D eigenvalue weighted by molar-refractivity contribution is 0.662. The van der Waals surface area contributed by atoms with Gasteiger partial charge in [0.25, 0.3) is 0 Å². The van der Waals surface area contributed by atoms with Crippen LogP contribution in [0.4, 0.5) is 17.1 Å². The molecule has 0 saturated heterocycles. The van der Waals surface area contributed by atoms with Crippen molar-refractivity contribution in [3.63, 3.8) is 0 Å². The van der Waals surface area contributed by atoms with Gasteiger partial charge in [0.15, 0.2) is 0 Å². The Morgan fingerprint density at radius 2 is 0.727 bits per heavy atom. The third-order valence-corrected chi connectivity index (χ3v) is 14.6. The van der Waals surface area contributed by atoms with E-state index in [4.69, 9.17) is 0 Å². The lowest BCUT2D eigenvalue weighted by Crippen LogP contribution is -2.22. The molecule has 0 bridgehead atoms. The number of benzene rings is 10. The fourth-order valence-electron chi connectivity index (χ4n) is 11.3. The molecule has 2 aliphatic carbocycles. The molecule has 2 aliphatic rings. The van der Waals surface area contributed by atoms with Crippen LogP contribution in [0.2, 0.25) is 0 Å². The third-order valence-electron chi connectivity index (χ3n) is 14.6. The van der Waals surface area contributed by atoms with Gasteiger partial charge in [0, 0.05) is 27.9 Å². The lowest BCUT2D eigenvalue weighted by Gasteiger charge is -2.31. The fourth-order valence-corrected chi connectivity index (χ4v) is 11.3. The number of rotatable bonds is 8. The second kappa shape index (κ2) is 15.6. The molecule has 1 nitrogen and oxygen atoms in total. The van der Waals surface area contributed by atoms with Gasteiger partial charge in [-0.1, -0.05) is 220 Å². The van der Waals surface area contributed by atoms with Crippen LogP contribution in [-0.2, 0) is 10.8 Å². The van der Waals surface area contributed by atoms with Gasteiger partial charge in [0.2, 0.25) is 0 Å². The number of hydrogen-bond donors (Lipinski definition) is 0. The van der Waals surface area contributed by atoms with Gasteiger partial charge < -0.3 is 4.90 Å². The van der Waals surface area contributed by atoms with Crippen LogP contribution in [0.1, 0.15) is 48.6 Å². The first kappa shape index (κ1) is 39.6. The van der Waals surface area contributed by atoms with Crippen LogP contribution in [0.15, 0.2) is 243 Å². The van der Waals surface area contributed by atoms with Gasteiger partial charge >= 0.3 is 0 Å². The van der Waals surface area contributed by atoms with Gasteiger partial charge in [-0.15, -0.1) is 0 Å². The summed E-state index contributed by atoms with van der Waals surface area (Å²) in [5.74, 6) is 0. The van der Waals surface area contributed by atoms with Crippen LogP contribution >= 0.6 is 0 Å². The van der Waals surface area contributed by atoms with Crippen molar-refractivity contribution >= 4 is 17.1 Å². The van der Waals surface area contributed by atoms with Crippen LogP contribution in [-0.4, -0.2) is 0 Å². The Kier molecular flexibility index (Phi) is 9.36. The molecule has 1 heteroatoms. The predicted molar refractivity (Wildman–Crippen MR) is 278 cm³/mol. The molecule has 0 amide bonds. The number of hydrogen-bond acceptors (Lipinski definition) is 1. The van der Waals surface area contributed by atoms with E-state index in [0.717, 1.165) is 17.1 Å². The SMILES string of the molecule is CC1(C)c2ccccc2-c2cccc(-c3cccc(N(c4ccc(-c5ccccc5-c5ccc(-c6ccccc6)cc5)cc4)c4ccc5c(c4)C(C)(c4ccccc4)c4ccccc4-5)c3)c21. The first-order valence-corrected chi connectivity index (χ1v) is 23.2. The molecule has 0 N–H and O–H groups in total. The normalized spacial score (nSPS) is 15.1. The Morgan fingerprint density at radius 1 is 0.273 bits per heavy atom. The van der Waals surface area contributed by atoms with Crippen molar-refractivity contribution in [2.24, 2.45) is 0 Å². The van der Waals surface area contributed by atoms with E-state index in [9.17, 15) is 0 Å². The van der Waals surface area contributed by atoms with Crippen molar-refractivity contribution in [2.75, 3.05) is 4.90 Å². The van der Waals surface area contributed by atoms with E-state index in [1.807, 2.05) is 0 Å². The zero-order valence-electron chi connectivity index (χ0n) is 37.5. The van der Waals surface area contributed by atoms with Crippen molar-refractivity contribution in [1.29, 1.82) is 0 Å². The molecule has 10 aromatic rings. The van der Waals surface area contributed by atoms with E-state index >= 15 is 0 Å². The van der Waals surface area contributed by atoms with Gasteiger partial charge in [0.05, 0.1) is 0 Å². The first-order valence-electron chi connectivity index (χ1n) is 23.2. The summed E-state index contributed by atoms with van der Waals surface area (Å²) < 4.78 is 0. The second-order valence-corrected chi connectivity index (χ2v) is 18.6. The quantitative estimate of drug-likeness (QED) is 0.147. The standard InChI is InChI=1S/C65H49N/c1-64(2)60-30-14-12-27-57(60)59-29-17-28-55(63(59)64)48-20-16-23-51(42-48)66(52-40-41-58-56-26-13-15-31-61(56)65(3,62(58)43-52)49-21-8-5-9-22-49)50-38-36-47(37-39-50)54-25-11-10-24-53(54)46-34-32-45(33-35-46)44-18-6-4-7-19-44/h4-43H,1-3H3. The van der Waals surface area contributed by atoms with Crippen molar-refractivity contribution in [1.82, 2.24) is 0 Å². The highest BCUT2D eigenvalue weighted by Crippen LogP contribution is 2.55. The van der Waals surface area contributed by atoms with E-state index in [0.29, 0.717) is 0 Å². The predicted octanol–water partition coefficient (Wildman–Crippen LogP) is 17.5. The van der Waals surface area contributed by atoms with Crippen LogP contribution in [0.3, 0.4) is 0 Å². The van der Waals surface area contributed by atoms with Crippen molar-refractivity contribution < 1.29 is 0 Å². The summed E-state index contributed by atoms with van der Waals surface area (Å²) >= 11 is 0. The monoisotopic (exact) mass is 843 g/mol. The average Bonchev–Trinajstić information content (AvgIpc) is 3.78. The molecule has 1 unspecified atom stereocenters. The van der Waals surface area contributed by atoms with Crippen LogP contribution < -0.4 is 4.90 Å². The van der Waals surface area contributed by atoms with E-state index in [1.54, 1.807) is 0 Å².